The fourth-order valence-corrected chi connectivity index (χ4v) is 4.76. The number of nitrogens with two attached hydrogens (primary N) is 1. The number of amidine groups is 1. The Morgan fingerprint density at radius 2 is 2.15 bits per heavy atom. The predicted octanol–water partition coefficient (Wildman–Crippen LogP) is 3.08. The molecular formula is C20H26BrN3O3. The van der Waals surface area contributed by atoms with Crippen LogP contribution in [0, 0.1) is 11.3 Å². The van der Waals surface area contributed by atoms with Gasteiger partial charge in [0.1, 0.15) is 24.0 Å². The minimum atomic E-state index is -0.558. The Bertz CT molecular complexity index is 804. The maximum atomic E-state index is 12.5. The van der Waals surface area contributed by atoms with Gasteiger partial charge in [-0.25, -0.2) is 4.99 Å². The Kier molecular flexibility index (Phi) is 4.41. The van der Waals surface area contributed by atoms with E-state index in [4.69, 9.17) is 20.2 Å². The van der Waals surface area contributed by atoms with E-state index in [0.29, 0.717) is 6.61 Å². The molecule has 0 bridgehead atoms. The highest BCUT2D eigenvalue weighted by Crippen LogP contribution is 2.52. The van der Waals surface area contributed by atoms with Crippen molar-refractivity contribution in [1.29, 1.82) is 0 Å². The molecular weight excluding hydrogens is 410 g/mol. The van der Waals surface area contributed by atoms with Crippen LogP contribution in [0.3, 0.4) is 0 Å². The van der Waals surface area contributed by atoms with Gasteiger partial charge in [0.25, 0.3) is 6.02 Å². The molecule has 1 aromatic rings. The first-order valence-corrected chi connectivity index (χ1v) is 10.2. The highest BCUT2D eigenvalue weighted by Gasteiger charge is 2.55. The van der Waals surface area contributed by atoms with Gasteiger partial charge in [-0.1, -0.05) is 36.7 Å². The van der Waals surface area contributed by atoms with Crippen LogP contribution in [0.1, 0.15) is 45.6 Å². The molecule has 4 rings (SSSR count). The Labute approximate surface area is 168 Å². The van der Waals surface area contributed by atoms with Crippen molar-refractivity contribution in [3.05, 3.63) is 28.2 Å². The quantitative estimate of drug-likeness (QED) is 0.709. The summed E-state index contributed by atoms with van der Waals surface area (Å²) in [5, 5.41) is 3.22. The van der Waals surface area contributed by atoms with Crippen LogP contribution >= 0.6 is 15.9 Å². The zero-order valence-electron chi connectivity index (χ0n) is 15.9. The van der Waals surface area contributed by atoms with Gasteiger partial charge >= 0.3 is 0 Å². The van der Waals surface area contributed by atoms with Crippen molar-refractivity contribution in [3.8, 4) is 5.75 Å². The fourth-order valence-electron chi connectivity index (χ4n) is 4.40. The van der Waals surface area contributed by atoms with E-state index < -0.39 is 11.0 Å². The lowest BCUT2D eigenvalue weighted by Crippen LogP contribution is -2.55. The van der Waals surface area contributed by atoms with Crippen LogP contribution in [0.5, 0.6) is 5.75 Å². The molecule has 4 atom stereocenters. The van der Waals surface area contributed by atoms with Gasteiger partial charge in [-0.2, -0.15) is 0 Å². The molecule has 1 spiro atoms. The fraction of sp³-hybridized carbons (Fsp3) is 0.600. The second kappa shape index (κ2) is 6.40. The molecule has 1 saturated carbocycles. The molecule has 3 N–H and O–H groups in total. The van der Waals surface area contributed by atoms with E-state index in [2.05, 4.69) is 21.2 Å². The zero-order chi connectivity index (χ0) is 19.4. The van der Waals surface area contributed by atoms with E-state index in [9.17, 15) is 4.79 Å². The summed E-state index contributed by atoms with van der Waals surface area (Å²) >= 11 is 3.56. The monoisotopic (exact) mass is 435 g/mol. The number of carbonyl (C=O) groups excluding carboxylic acids is 1. The summed E-state index contributed by atoms with van der Waals surface area (Å²) in [7, 11) is 0. The van der Waals surface area contributed by atoms with Crippen molar-refractivity contribution < 1.29 is 14.3 Å². The van der Waals surface area contributed by atoms with E-state index in [1.165, 1.54) is 0 Å². The van der Waals surface area contributed by atoms with Crippen molar-refractivity contribution in [2.45, 2.75) is 57.7 Å². The van der Waals surface area contributed by atoms with Crippen molar-refractivity contribution in [2.24, 2.45) is 22.1 Å². The lowest BCUT2D eigenvalue weighted by Gasteiger charge is -2.48. The summed E-state index contributed by atoms with van der Waals surface area (Å²) < 4.78 is 12.9. The number of amides is 1. The molecule has 146 valence electrons. The number of halogens is 1. The Balaban J connectivity index is 1.68. The first-order valence-electron chi connectivity index (χ1n) is 9.45. The van der Waals surface area contributed by atoms with Crippen LogP contribution in [0.25, 0.3) is 0 Å². The third-order valence-electron chi connectivity index (χ3n) is 5.85. The van der Waals surface area contributed by atoms with Gasteiger partial charge in [-0.15, -0.1) is 0 Å². The zero-order valence-corrected chi connectivity index (χ0v) is 17.5. The number of rotatable bonds is 1. The molecule has 2 aliphatic heterocycles. The number of fused-ring (bicyclic) bond motifs is 4. The van der Waals surface area contributed by atoms with Gasteiger partial charge in [0, 0.05) is 27.4 Å². The average Bonchev–Trinajstić information content (AvgIpc) is 2.98. The lowest BCUT2D eigenvalue weighted by molar-refractivity contribution is -0.130. The highest BCUT2D eigenvalue weighted by molar-refractivity contribution is 9.10. The molecule has 1 aromatic carbocycles. The largest absolute Gasteiger partial charge is 0.490 e. The molecule has 27 heavy (non-hydrogen) atoms. The smallest absolute Gasteiger partial charge is 0.283 e. The minimum absolute atomic E-state index is 0.0414. The van der Waals surface area contributed by atoms with Crippen LogP contribution in [0.4, 0.5) is 0 Å². The number of hydrogen-bond acceptors (Lipinski definition) is 5. The van der Waals surface area contributed by atoms with Crippen LogP contribution < -0.4 is 15.8 Å². The molecule has 1 aliphatic carbocycles. The van der Waals surface area contributed by atoms with Crippen LogP contribution in [-0.2, 0) is 15.1 Å². The van der Waals surface area contributed by atoms with Gasteiger partial charge in [0.05, 0.1) is 0 Å². The Morgan fingerprint density at radius 1 is 1.37 bits per heavy atom. The number of hydrogen-bond donors (Lipinski definition) is 2. The molecule has 0 saturated heterocycles. The average molecular weight is 436 g/mol. The topological polar surface area (TPSA) is 85.9 Å². The number of ether oxygens (including phenoxy) is 2. The third-order valence-corrected chi connectivity index (χ3v) is 6.35. The van der Waals surface area contributed by atoms with Gasteiger partial charge in [-0.3, -0.25) is 4.79 Å². The summed E-state index contributed by atoms with van der Waals surface area (Å²) in [6.45, 7) is 6.21. The van der Waals surface area contributed by atoms with E-state index in [-0.39, 0.29) is 30.0 Å². The number of benzene rings is 1. The second-order valence-corrected chi connectivity index (χ2v) is 9.72. The standard InChI is InChI=1S/C20H26BrN3O3/c1-19(2,3)17(25)23-12-5-7-16-14(9-12)20(10-26-18(22)24-20)13-8-11(21)4-6-15(13)27-16/h4,6,8,12,14,16H,5,7,9-10H2,1-3H3,(H2,22,24)(H,23,25)/t12-,14+,16+,20-/m0/s1. The van der Waals surface area contributed by atoms with Crippen molar-refractivity contribution in [3.63, 3.8) is 0 Å². The van der Waals surface area contributed by atoms with E-state index in [1.807, 2.05) is 39.0 Å². The lowest BCUT2D eigenvalue weighted by atomic mass is 9.67. The second-order valence-electron chi connectivity index (χ2n) is 8.80. The maximum Gasteiger partial charge on any atom is 0.283 e. The first kappa shape index (κ1) is 18.6. The van der Waals surface area contributed by atoms with Crippen LogP contribution in [-0.4, -0.2) is 30.7 Å². The number of nitrogens with zero attached hydrogens (tertiary/aromatic N) is 1. The van der Waals surface area contributed by atoms with E-state index >= 15 is 0 Å². The molecule has 0 unspecified atom stereocenters. The molecule has 0 aromatic heterocycles. The molecule has 3 aliphatic rings. The molecule has 7 heteroatoms. The summed E-state index contributed by atoms with van der Waals surface area (Å²) in [6.07, 6.45) is 2.59. The Hall–Kier alpha value is -1.76. The number of aliphatic imine (C=N–C) groups is 1. The number of carbonyl (C=O) groups is 1. The number of nitrogens with one attached hydrogen (secondary N) is 1. The summed E-state index contributed by atoms with van der Waals surface area (Å²) in [5.41, 5.74) is 5.97. The van der Waals surface area contributed by atoms with Crippen LogP contribution in [0.2, 0.25) is 0 Å². The SMILES string of the molecule is CC(C)(C)C(=O)N[C@H]1CC[C@H]2Oc3ccc(Br)cc3[C@@]3(COC(N)=N3)[C@@H]2C1. The third kappa shape index (κ3) is 3.20. The van der Waals surface area contributed by atoms with Gasteiger partial charge in [0.2, 0.25) is 5.91 Å². The van der Waals surface area contributed by atoms with E-state index in [1.54, 1.807) is 0 Å². The van der Waals surface area contributed by atoms with Gasteiger partial charge < -0.3 is 20.5 Å². The molecule has 1 amide bonds. The van der Waals surface area contributed by atoms with Gasteiger partial charge in [0.15, 0.2) is 0 Å². The Morgan fingerprint density at radius 3 is 2.81 bits per heavy atom. The molecule has 1 fully saturated rings. The predicted molar refractivity (Wildman–Crippen MR) is 107 cm³/mol. The summed E-state index contributed by atoms with van der Waals surface area (Å²) in [4.78, 5) is 17.2. The van der Waals surface area contributed by atoms with Crippen molar-refractivity contribution in [1.82, 2.24) is 5.32 Å². The molecule has 2 heterocycles. The molecule has 6 nitrogen and oxygen atoms in total. The maximum absolute atomic E-state index is 12.5. The normalized spacial score (nSPS) is 32.0. The first-order chi connectivity index (χ1) is 12.7. The van der Waals surface area contributed by atoms with Crippen molar-refractivity contribution >= 4 is 27.9 Å². The highest BCUT2D eigenvalue weighted by atomic mass is 79.9. The van der Waals surface area contributed by atoms with Crippen molar-refractivity contribution in [2.75, 3.05) is 6.61 Å². The van der Waals surface area contributed by atoms with E-state index in [0.717, 1.165) is 35.0 Å². The minimum Gasteiger partial charge on any atom is -0.490 e. The summed E-state index contributed by atoms with van der Waals surface area (Å²) in [5.74, 6) is 1.02. The van der Waals surface area contributed by atoms with Crippen LogP contribution in [0.15, 0.2) is 27.7 Å². The molecule has 0 radical (unpaired) electrons. The summed E-state index contributed by atoms with van der Waals surface area (Å²) in [6, 6.07) is 6.33. The van der Waals surface area contributed by atoms with Gasteiger partial charge in [-0.05, 0) is 37.5 Å².